The van der Waals surface area contributed by atoms with Crippen molar-refractivity contribution >= 4 is 63.0 Å². The van der Waals surface area contributed by atoms with Gasteiger partial charge < -0.3 is 0 Å². The van der Waals surface area contributed by atoms with E-state index >= 15 is 0 Å². The van der Waals surface area contributed by atoms with Crippen LogP contribution in [0.2, 0.25) is 0 Å². The maximum absolute atomic E-state index is 5.41. The summed E-state index contributed by atoms with van der Waals surface area (Å²) in [5.41, 5.74) is 9.76. The van der Waals surface area contributed by atoms with E-state index in [1.807, 2.05) is 0 Å². The molecule has 0 aliphatic rings. The first-order chi connectivity index (χ1) is 27.7. The fraction of sp³-hybridized carbons (Fsp3) is 0. The van der Waals surface area contributed by atoms with Crippen LogP contribution < -0.4 is 0 Å². The van der Waals surface area contributed by atoms with Crippen molar-refractivity contribution in [3.05, 3.63) is 188 Å². The smallest absolute Gasteiger partial charge is 0.165 e. The summed E-state index contributed by atoms with van der Waals surface area (Å²) in [6, 6.07) is 66.8. The van der Waals surface area contributed by atoms with Gasteiger partial charge in [-0.2, -0.15) is 0 Å². The zero-order chi connectivity index (χ0) is 37.0. The van der Waals surface area contributed by atoms with Crippen LogP contribution in [-0.4, -0.2) is 15.0 Å². The van der Waals surface area contributed by atoms with Gasteiger partial charge in [0.05, 0.1) is 0 Å². The molecule has 0 unspecified atom stereocenters. The van der Waals surface area contributed by atoms with Gasteiger partial charge in [-0.1, -0.05) is 158 Å². The predicted molar refractivity (Wildman–Crippen MR) is 238 cm³/mol. The normalized spacial score (nSPS) is 11.6. The van der Waals surface area contributed by atoms with Gasteiger partial charge in [-0.05, 0) is 63.7 Å². The molecule has 0 fully saturated rings. The van der Waals surface area contributed by atoms with Gasteiger partial charge in [-0.15, -0.1) is 22.7 Å². The van der Waals surface area contributed by atoms with Gasteiger partial charge in [-0.25, -0.2) is 15.0 Å². The highest BCUT2D eigenvalue weighted by Gasteiger charge is 2.21. The molecule has 11 rings (SSSR count). The molecule has 0 aliphatic heterocycles. The van der Waals surface area contributed by atoms with E-state index < -0.39 is 0 Å². The molecule has 0 atom stereocenters. The Labute approximate surface area is 331 Å². The second-order valence-corrected chi connectivity index (χ2v) is 16.0. The van der Waals surface area contributed by atoms with Crippen LogP contribution in [0.3, 0.4) is 0 Å². The molecular weight excluding hydrogens is 719 g/mol. The number of benzene rings is 8. The molecule has 0 bridgehead atoms. The largest absolute Gasteiger partial charge is 0.208 e. The third-order valence-corrected chi connectivity index (χ3v) is 13.0. The lowest BCUT2D eigenvalue weighted by Crippen LogP contribution is -2.01. The first-order valence-electron chi connectivity index (χ1n) is 18.7. The molecule has 56 heavy (non-hydrogen) atoms. The van der Waals surface area contributed by atoms with E-state index in [9.17, 15) is 0 Å². The standard InChI is InChI=1S/C51H31N3S2/c1-3-13-32(14-4-1)33-25-27-34(28-26-33)36-29-30-37(35-15-5-2-6-16-35)44(31-36)51-53-49(42-21-11-19-40-38-17-7-9-23-45(38)55-47(40)42)52-50(54-51)43-22-12-20-41-39-18-8-10-24-46(39)56-48(41)43/h1-31H. The number of aromatic nitrogens is 3. The van der Waals surface area contributed by atoms with Crippen molar-refractivity contribution in [3.63, 3.8) is 0 Å². The van der Waals surface area contributed by atoms with Crippen LogP contribution in [-0.2, 0) is 0 Å². The molecule has 3 nitrogen and oxygen atoms in total. The molecular formula is C51H31N3S2. The molecule has 0 aliphatic carbocycles. The second kappa shape index (κ2) is 13.5. The molecule has 0 saturated heterocycles. The summed E-state index contributed by atoms with van der Waals surface area (Å²) in [6.07, 6.45) is 0. The van der Waals surface area contributed by atoms with E-state index in [-0.39, 0.29) is 0 Å². The topological polar surface area (TPSA) is 38.7 Å². The first kappa shape index (κ1) is 32.6. The quantitative estimate of drug-likeness (QED) is 0.170. The van der Waals surface area contributed by atoms with Crippen LogP contribution in [0.1, 0.15) is 0 Å². The molecule has 0 spiro atoms. The van der Waals surface area contributed by atoms with Crippen LogP contribution in [0.5, 0.6) is 0 Å². The molecule has 8 aromatic carbocycles. The molecule has 0 saturated carbocycles. The average Bonchev–Trinajstić information content (AvgIpc) is 3.86. The lowest BCUT2D eigenvalue weighted by Gasteiger charge is -2.15. The lowest BCUT2D eigenvalue weighted by molar-refractivity contribution is 1.08. The summed E-state index contributed by atoms with van der Waals surface area (Å²) in [7, 11) is 0. The SMILES string of the molecule is c1ccc(-c2ccc(-c3ccc(-c4ccccc4)c(-c4nc(-c5cccc6c5sc5ccccc56)nc(-c5cccc6c5sc5ccccc56)n4)c3)cc2)cc1. The summed E-state index contributed by atoms with van der Waals surface area (Å²) < 4.78 is 4.84. The van der Waals surface area contributed by atoms with E-state index in [4.69, 9.17) is 15.0 Å². The van der Waals surface area contributed by atoms with Crippen molar-refractivity contribution in [1.82, 2.24) is 15.0 Å². The van der Waals surface area contributed by atoms with Crippen molar-refractivity contribution < 1.29 is 0 Å². The van der Waals surface area contributed by atoms with Gasteiger partial charge in [0.15, 0.2) is 17.5 Å². The van der Waals surface area contributed by atoms with E-state index in [1.165, 1.54) is 51.5 Å². The summed E-state index contributed by atoms with van der Waals surface area (Å²) in [4.78, 5) is 16.2. The van der Waals surface area contributed by atoms with Crippen molar-refractivity contribution in [1.29, 1.82) is 0 Å². The fourth-order valence-corrected chi connectivity index (χ4v) is 10.3. The Balaban J connectivity index is 1.16. The molecule has 0 N–H and O–H groups in total. The van der Waals surface area contributed by atoms with Crippen molar-refractivity contribution in [2.24, 2.45) is 0 Å². The van der Waals surface area contributed by atoms with E-state index in [0.29, 0.717) is 17.5 Å². The maximum atomic E-state index is 5.41. The second-order valence-electron chi connectivity index (χ2n) is 13.9. The van der Waals surface area contributed by atoms with Gasteiger partial charge in [-0.3, -0.25) is 0 Å². The third kappa shape index (κ3) is 5.60. The number of hydrogen-bond acceptors (Lipinski definition) is 5. The minimum Gasteiger partial charge on any atom is -0.208 e. The number of rotatable bonds is 6. The monoisotopic (exact) mass is 749 g/mol. The minimum atomic E-state index is 0.642. The summed E-state index contributed by atoms with van der Waals surface area (Å²) in [5.74, 6) is 1.97. The Hall–Kier alpha value is -6.79. The van der Waals surface area contributed by atoms with E-state index in [2.05, 4.69) is 188 Å². The van der Waals surface area contributed by atoms with Gasteiger partial charge in [0, 0.05) is 57.0 Å². The number of nitrogens with zero attached hydrogens (tertiary/aromatic N) is 3. The Morgan fingerprint density at radius 1 is 0.268 bits per heavy atom. The maximum Gasteiger partial charge on any atom is 0.165 e. The van der Waals surface area contributed by atoms with E-state index in [0.717, 1.165) is 38.9 Å². The summed E-state index contributed by atoms with van der Waals surface area (Å²) in [5, 5.41) is 4.92. The van der Waals surface area contributed by atoms with Crippen LogP contribution >= 0.6 is 22.7 Å². The van der Waals surface area contributed by atoms with Crippen LogP contribution in [0.4, 0.5) is 0 Å². The van der Waals surface area contributed by atoms with Crippen LogP contribution in [0.15, 0.2) is 188 Å². The molecule has 3 aromatic heterocycles. The zero-order valence-corrected chi connectivity index (χ0v) is 31.7. The number of hydrogen-bond donors (Lipinski definition) is 0. The number of thiophene rings is 2. The highest BCUT2D eigenvalue weighted by molar-refractivity contribution is 7.26. The highest BCUT2D eigenvalue weighted by Crippen LogP contribution is 2.43. The van der Waals surface area contributed by atoms with Crippen LogP contribution in [0.25, 0.3) is 108 Å². The third-order valence-electron chi connectivity index (χ3n) is 10.6. The zero-order valence-electron chi connectivity index (χ0n) is 30.1. The Kier molecular flexibility index (Phi) is 7.87. The molecule has 3 heterocycles. The molecule has 0 radical (unpaired) electrons. The summed E-state index contributed by atoms with van der Waals surface area (Å²) >= 11 is 3.59. The minimum absolute atomic E-state index is 0.642. The van der Waals surface area contributed by atoms with Gasteiger partial charge >= 0.3 is 0 Å². The van der Waals surface area contributed by atoms with Gasteiger partial charge in [0.2, 0.25) is 0 Å². The first-order valence-corrected chi connectivity index (χ1v) is 20.3. The van der Waals surface area contributed by atoms with Crippen molar-refractivity contribution in [2.45, 2.75) is 0 Å². The summed E-state index contributed by atoms with van der Waals surface area (Å²) in [6.45, 7) is 0. The fourth-order valence-electron chi connectivity index (χ4n) is 7.85. The Bertz CT molecular complexity index is 3110. The molecule has 262 valence electrons. The van der Waals surface area contributed by atoms with E-state index in [1.54, 1.807) is 22.7 Å². The van der Waals surface area contributed by atoms with Crippen molar-refractivity contribution in [2.75, 3.05) is 0 Å². The van der Waals surface area contributed by atoms with Gasteiger partial charge in [0.25, 0.3) is 0 Å². The van der Waals surface area contributed by atoms with Gasteiger partial charge in [0.1, 0.15) is 0 Å². The number of fused-ring (bicyclic) bond motifs is 6. The Morgan fingerprint density at radius 2 is 0.679 bits per heavy atom. The highest BCUT2D eigenvalue weighted by atomic mass is 32.1. The molecule has 5 heteroatoms. The molecule has 11 aromatic rings. The molecule has 0 amide bonds. The predicted octanol–water partition coefficient (Wildman–Crippen LogP) is 14.6. The van der Waals surface area contributed by atoms with Crippen LogP contribution in [0, 0.1) is 0 Å². The average molecular weight is 750 g/mol. The lowest BCUT2D eigenvalue weighted by atomic mass is 9.93. The van der Waals surface area contributed by atoms with Crippen molar-refractivity contribution in [3.8, 4) is 67.5 Å². The Morgan fingerprint density at radius 3 is 1.23 bits per heavy atom.